The van der Waals surface area contributed by atoms with Gasteiger partial charge in [-0.3, -0.25) is 4.79 Å². The number of hydrogen-bond donors (Lipinski definition) is 5. The first kappa shape index (κ1) is 26.4. The van der Waals surface area contributed by atoms with Gasteiger partial charge in [-0.25, -0.2) is 9.59 Å². The van der Waals surface area contributed by atoms with E-state index in [0.29, 0.717) is 22.4 Å². The van der Waals surface area contributed by atoms with Crippen LogP contribution >= 0.6 is 0 Å². The number of cyclic esters (lactones) is 1. The molecule has 1 aromatic rings. The summed E-state index contributed by atoms with van der Waals surface area (Å²) in [6, 6.07) is 0. The van der Waals surface area contributed by atoms with Crippen LogP contribution in [0.3, 0.4) is 0 Å². The summed E-state index contributed by atoms with van der Waals surface area (Å²) in [5, 5.41) is 49.1. The Kier molecular flexibility index (Phi) is 8.00. The fourth-order valence-electron chi connectivity index (χ4n) is 4.04. The Morgan fingerprint density at radius 2 is 1.83 bits per heavy atom. The molecule has 0 radical (unpaired) electrons. The van der Waals surface area contributed by atoms with Gasteiger partial charge in [0, 0.05) is 17.5 Å². The van der Waals surface area contributed by atoms with Crippen LogP contribution < -0.4 is 4.74 Å². The van der Waals surface area contributed by atoms with Gasteiger partial charge < -0.3 is 44.5 Å². The molecule has 12 heteroatoms. The molecule has 2 aliphatic heterocycles. The van der Waals surface area contributed by atoms with E-state index in [1.165, 1.54) is 7.11 Å². The number of carboxylic acid groups (broad SMARTS) is 1. The number of rotatable bonds is 8. The number of esters is 2. The predicted molar refractivity (Wildman–Crippen MR) is 116 cm³/mol. The van der Waals surface area contributed by atoms with Gasteiger partial charge in [-0.15, -0.1) is 0 Å². The van der Waals surface area contributed by atoms with E-state index in [-0.39, 0.29) is 37.2 Å². The van der Waals surface area contributed by atoms with Gasteiger partial charge in [0.2, 0.25) is 6.29 Å². The highest BCUT2D eigenvalue weighted by Gasteiger charge is 2.48. The van der Waals surface area contributed by atoms with E-state index in [2.05, 4.69) is 0 Å². The van der Waals surface area contributed by atoms with Crippen LogP contribution in [0, 0.1) is 6.92 Å². The zero-order valence-electron chi connectivity index (χ0n) is 19.4. The number of methoxy groups -OCH3 is 1. The summed E-state index contributed by atoms with van der Waals surface area (Å²) < 4.78 is 20.3. The molecule has 0 amide bonds. The molecular formula is C23H28O12. The van der Waals surface area contributed by atoms with Crippen LogP contribution in [-0.4, -0.2) is 81.3 Å². The molecule has 5 N–H and O–H groups in total. The SMILES string of the molecule is COc1c(C)c2c(c(O)c1C/C=C(\C)CCC(=O)O[C@@H]1O[C@H](C(=O)O)[C@@H](O)[C@H](O)[C@@H]1O)C(=O)OC2. The molecule has 192 valence electrons. The van der Waals surface area contributed by atoms with Crippen molar-refractivity contribution >= 4 is 17.9 Å². The molecule has 3 rings (SSSR count). The average molecular weight is 496 g/mol. The molecule has 1 saturated heterocycles. The number of allylic oxidation sites excluding steroid dienone is 2. The van der Waals surface area contributed by atoms with Crippen molar-refractivity contribution in [1.29, 1.82) is 0 Å². The Labute approximate surface area is 200 Å². The predicted octanol–water partition coefficient (Wildman–Crippen LogP) is 0.0840. The topological polar surface area (TPSA) is 189 Å². The number of aromatic hydroxyl groups is 1. The number of carbonyl (C=O) groups is 3. The number of phenols is 1. The first-order valence-electron chi connectivity index (χ1n) is 10.8. The number of fused-ring (bicyclic) bond motifs is 1. The van der Waals surface area contributed by atoms with E-state index in [9.17, 15) is 34.8 Å². The third-order valence-corrected chi connectivity index (χ3v) is 6.09. The van der Waals surface area contributed by atoms with Crippen molar-refractivity contribution in [1.82, 2.24) is 0 Å². The summed E-state index contributed by atoms with van der Waals surface area (Å²) in [5.41, 5.74) is 2.51. The molecule has 1 aromatic carbocycles. The number of aliphatic hydroxyl groups is 3. The van der Waals surface area contributed by atoms with Crippen molar-refractivity contribution in [2.24, 2.45) is 0 Å². The van der Waals surface area contributed by atoms with Crippen LogP contribution in [-0.2, 0) is 36.8 Å². The molecule has 2 heterocycles. The second-order valence-corrected chi connectivity index (χ2v) is 8.39. The standard InChI is InChI=1S/C23H28O12/c1-9(4-6-11-15(25)14-12(8-33-22(14)31)10(2)19(11)32-3)5-7-13(24)34-23-18(28)16(26)17(27)20(35-23)21(29)30/h4,16-18,20,23,25-28H,5-8H2,1-3H3,(H,29,30)/b9-4+/t16-,17-,18-,20-,23+/m0/s1. The van der Waals surface area contributed by atoms with Gasteiger partial charge in [0.25, 0.3) is 0 Å². The molecule has 1 fully saturated rings. The Morgan fingerprint density at radius 1 is 1.14 bits per heavy atom. The molecule has 0 spiro atoms. The fourth-order valence-corrected chi connectivity index (χ4v) is 4.04. The maximum absolute atomic E-state index is 12.2. The molecule has 2 aliphatic rings. The van der Waals surface area contributed by atoms with Crippen LogP contribution in [0.4, 0.5) is 0 Å². The number of carbonyl (C=O) groups excluding carboxylic acids is 2. The Hall–Kier alpha value is -3.19. The van der Waals surface area contributed by atoms with Gasteiger partial charge in [-0.05, 0) is 32.3 Å². The lowest BCUT2D eigenvalue weighted by molar-refractivity contribution is -0.286. The average Bonchev–Trinajstić information content (AvgIpc) is 3.21. The molecule has 35 heavy (non-hydrogen) atoms. The third-order valence-electron chi connectivity index (χ3n) is 6.09. The maximum atomic E-state index is 12.2. The van der Waals surface area contributed by atoms with E-state index in [1.54, 1.807) is 19.9 Å². The first-order chi connectivity index (χ1) is 16.5. The van der Waals surface area contributed by atoms with Gasteiger partial charge in [0.05, 0.1) is 7.11 Å². The second-order valence-electron chi connectivity index (χ2n) is 8.39. The summed E-state index contributed by atoms with van der Waals surface area (Å²) in [6.45, 7) is 3.56. The first-order valence-corrected chi connectivity index (χ1v) is 10.8. The van der Waals surface area contributed by atoms with Crippen molar-refractivity contribution in [2.45, 2.75) is 70.4 Å². The number of phenolic OH excluding ortho intramolecular Hbond substituents is 1. The number of ether oxygens (including phenoxy) is 4. The van der Waals surface area contributed by atoms with Crippen LogP contribution in [0.2, 0.25) is 0 Å². The maximum Gasteiger partial charge on any atom is 0.342 e. The van der Waals surface area contributed by atoms with Crippen molar-refractivity contribution in [2.75, 3.05) is 7.11 Å². The molecule has 0 bridgehead atoms. The highest BCUT2D eigenvalue weighted by molar-refractivity contribution is 5.98. The third kappa shape index (κ3) is 5.25. The summed E-state index contributed by atoms with van der Waals surface area (Å²) >= 11 is 0. The van der Waals surface area contributed by atoms with E-state index >= 15 is 0 Å². The number of benzene rings is 1. The van der Waals surface area contributed by atoms with Crippen LogP contribution in [0.1, 0.15) is 46.8 Å². The van der Waals surface area contributed by atoms with Gasteiger partial charge in [0.15, 0.2) is 6.10 Å². The van der Waals surface area contributed by atoms with Crippen molar-refractivity contribution in [3.05, 3.63) is 33.9 Å². The highest BCUT2D eigenvalue weighted by Crippen LogP contribution is 2.42. The molecule has 0 saturated carbocycles. The summed E-state index contributed by atoms with van der Waals surface area (Å²) in [7, 11) is 1.45. The van der Waals surface area contributed by atoms with Crippen molar-refractivity contribution < 1.29 is 58.9 Å². The fraction of sp³-hybridized carbons (Fsp3) is 0.522. The minimum atomic E-state index is -1.89. The molecule has 5 atom stereocenters. The van der Waals surface area contributed by atoms with E-state index < -0.39 is 48.6 Å². The lowest BCUT2D eigenvalue weighted by atomic mass is 9.94. The number of aliphatic hydroxyl groups excluding tert-OH is 3. The summed E-state index contributed by atoms with van der Waals surface area (Å²) in [4.78, 5) is 35.4. The lowest BCUT2D eigenvalue weighted by Crippen LogP contribution is -2.60. The number of aliphatic carboxylic acids is 1. The van der Waals surface area contributed by atoms with Crippen LogP contribution in [0.25, 0.3) is 0 Å². The van der Waals surface area contributed by atoms with Gasteiger partial charge in [-0.1, -0.05) is 11.6 Å². The van der Waals surface area contributed by atoms with E-state index in [0.717, 1.165) is 5.57 Å². The minimum Gasteiger partial charge on any atom is -0.507 e. The Morgan fingerprint density at radius 3 is 2.46 bits per heavy atom. The largest absolute Gasteiger partial charge is 0.507 e. The Bertz CT molecular complexity index is 1050. The molecule has 12 nitrogen and oxygen atoms in total. The molecule has 0 aliphatic carbocycles. The van der Waals surface area contributed by atoms with Gasteiger partial charge >= 0.3 is 17.9 Å². The molecule has 0 aromatic heterocycles. The van der Waals surface area contributed by atoms with E-state index in [1.807, 2.05) is 0 Å². The van der Waals surface area contributed by atoms with Gasteiger partial charge in [-0.2, -0.15) is 0 Å². The number of hydrogen-bond acceptors (Lipinski definition) is 11. The van der Waals surface area contributed by atoms with Crippen molar-refractivity contribution in [3.63, 3.8) is 0 Å². The normalized spacial score (nSPS) is 26.2. The summed E-state index contributed by atoms with van der Waals surface area (Å²) in [6.07, 6.45) is -7.23. The minimum absolute atomic E-state index is 0.0593. The highest BCUT2D eigenvalue weighted by atomic mass is 16.7. The molecule has 0 unspecified atom stereocenters. The number of carboxylic acids is 1. The second kappa shape index (κ2) is 10.6. The lowest BCUT2D eigenvalue weighted by Gasteiger charge is -2.37. The molecular weight excluding hydrogens is 468 g/mol. The Balaban J connectivity index is 1.63. The van der Waals surface area contributed by atoms with Crippen LogP contribution in [0.5, 0.6) is 11.5 Å². The van der Waals surface area contributed by atoms with Crippen molar-refractivity contribution in [3.8, 4) is 11.5 Å². The zero-order chi connectivity index (χ0) is 26.0. The zero-order valence-corrected chi connectivity index (χ0v) is 19.4. The van der Waals surface area contributed by atoms with Crippen LogP contribution in [0.15, 0.2) is 11.6 Å². The van der Waals surface area contributed by atoms with Gasteiger partial charge in [0.1, 0.15) is 42.0 Å². The quantitative estimate of drug-likeness (QED) is 0.241. The summed E-state index contributed by atoms with van der Waals surface area (Å²) in [5.74, 6) is -2.81. The smallest absolute Gasteiger partial charge is 0.342 e. The monoisotopic (exact) mass is 496 g/mol. The van der Waals surface area contributed by atoms with E-state index in [4.69, 9.17) is 24.1 Å².